The van der Waals surface area contributed by atoms with Crippen LogP contribution >= 0.6 is 0 Å². The molecule has 138 valence electrons. The molecule has 2 aromatic heterocycles. The first-order chi connectivity index (χ1) is 13.3. The highest BCUT2D eigenvalue weighted by atomic mass is 16.1. The zero-order chi connectivity index (χ0) is 18.5. The van der Waals surface area contributed by atoms with E-state index in [0.717, 1.165) is 30.2 Å². The largest absolute Gasteiger partial charge is 0.370 e. The van der Waals surface area contributed by atoms with Crippen LogP contribution in [0.25, 0.3) is 0 Å². The summed E-state index contributed by atoms with van der Waals surface area (Å²) in [5.74, 6) is 0.653. The van der Waals surface area contributed by atoms with Crippen LogP contribution in [0.15, 0.2) is 61.1 Å². The number of nitrogens with zero attached hydrogens (tertiary/aromatic N) is 4. The number of rotatable bonds is 6. The van der Waals surface area contributed by atoms with Gasteiger partial charge in [0, 0.05) is 42.9 Å². The summed E-state index contributed by atoms with van der Waals surface area (Å²) in [5.41, 5.74) is 2.75. The number of amides is 1. The van der Waals surface area contributed by atoms with Crippen molar-refractivity contribution in [2.75, 3.05) is 28.6 Å². The van der Waals surface area contributed by atoms with E-state index in [2.05, 4.69) is 25.7 Å². The maximum Gasteiger partial charge on any atom is 0.244 e. The van der Waals surface area contributed by atoms with Crippen LogP contribution in [-0.2, 0) is 11.3 Å². The zero-order valence-electron chi connectivity index (χ0n) is 15.0. The Balaban J connectivity index is 1.36. The van der Waals surface area contributed by atoms with Crippen LogP contribution < -0.4 is 15.5 Å². The summed E-state index contributed by atoms with van der Waals surface area (Å²) in [6.45, 7) is 2.44. The molecule has 4 rings (SSSR count). The average Bonchev–Trinajstić information content (AvgIpc) is 3.37. The highest BCUT2D eigenvalue weighted by molar-refractivity contribution is 5.90. The van der Waals surface area contributed by atoms with Gasteiger partial charge in [-0.05, 0) is 49.2 Å². The standard InChI is InChI=1S/C20H22N6O/c27-20(15-25-9-1-2-10-25)23-17-7-5-16(6-8-17)22-19-13-18(14-21-24-19)26-11-3-4-12-26/h1-2,5-10,13-14H,3-4,11-12,15H2,(H,22,24)(H,23,27). The van der Waals surface area contributed by atoms with Gasteiger partial charge in [0.2, 0.25) is 5.91 Å². The van der Waals surface area contributed by atoms with Crippen LogP contribution in [0, 0.1) is 0 Å². The molecule has 0 unspecified atom stereocenters. The second-order valence-corrected chi connectivity index (χ2v) is 6.60. The Bertz CT molecular complexity index is 885. The molecule has 0 radical (unpaired) electrons. The van der Waals surface area contributed by atoms with Gasteiger partial charge >= 0.3 is 0 Å². The second kappa shape index (κ2) is 7.90. The van der Waals surface area contributed by atoms with Gasteiger partial charge in [0.25, 0.3) is 0 Å². The molecule has 3 heterocycles. The van der Waals surface area contributed by atoms with Crippen molar-refractivity contribution in [3.05, 3.63) is 61.1 Å². The minimum absolute atomic E-state index is 0.0592. The normalized spacial score (nSPS) is 13.6. The van der Waals surface area contributed by atoms with E-state index in [-0.39, 0.29) is 5.91 Å². The summed E-state index contributed by atoms with van der Waals surface area (Å²) in [4.78, 5) is 14.4. The van der Waals surface area contributed by atoms with Crippen molar-refractivity contribution >= 4 is 28.8 Å². The molecule has 7 heteroatoms. The molecule has 1 fully saturated rings. The highest BCUT2D eigenvalue weighted by Gasteiger charge is 2.13. The van der Waals surface area contributed by atoms with Gasteiger partial charge in [-0.2, -0.15) is 5.10 Å². The molecular formula is C20H22N6O. The Morgan fingerprint density at radius 1 is 1.04 bits per heavy atom. The van der Waals surface area contributed by atoms with Crippen molar-refractivity contribution in [1.82, 2.24) is 14.8 Å². The third kappa shape index (κ3) is 4.44. The predicted molar refractivity (Wildman–Crippen MR) is 106 cm³/mol. The van der Waals surface area contributed by atoms with E-state index in [9.17, 15) is 4.79 Å². The van der Waals surface area contributed by atoms with Gasteiger partial charge in [-0.3, -0.25) is 4.79 Å². The van der Waals surface area contributed by atoms with Crippen LogP contribution in [0.2, 0.25) is 0 Å². The van der Waals surface area contributed by atoms with E-state index in [4.69, 9.17) is 0 Å². The molecule has 0 bridgehead atoms. The lowest BCUT2D eigenvalue weighted by Crippen LogP contribution is -2.18. The van der Waals surface area contributed by atoms with Crippen LogP contribution in [0.5, 0.6) is 0 Å². The predicted octanol–water partition coefficient (Wildman–Crippen LogP) is 3.26. The van der Waals surface area contributed by atoms with Crippen LogP contribution in [0.1, 0.15) is 12.8 Å². The number of hydrogen-bond acceptors (Lipinski definition) is 5. The molecule has 1 amide bonds. The van der Waals surface area contributed by atoms with E-state index in [1.807, 2.05) is 59.4 Å². The highest BCUT2D eigenvalue weighted by Crippen LogP contribution is 2.23. The summed E-state index contributed by atoms with van der Waals surface area (Å²) >= 11 is 0. The van der Waals surface area contributed by atoms with Crippen molar-refractivity contribution in [3.8, 4) is 0 Å². The van der Waals surface area contributed by atoms with Gasteiger partial charge in [-0.1, -0.05) is 0 Å². The summed E-state index contributed by atoms with van der Waals surface area (Å²) in [7, 11) is 0. The molecule has 1 aliphatic rings. The van der Waals surface area contributed by atoms with Crippen molar-refractivity contribution in [2.24, 2.45) is 0 Å². The molecule has 27 heavy (non-hydrogen) atoms. The lowest BCUT2D eigenvalue weighted by atomic mass is 10.2. The molecule has 1 saturated heterocycles. The van der Waals surface area contributed by atoms with Crippen molar-refractivity contribution in [1.29, 1.82) is 0 Å². The molecule has 1 aliphatic heterocycles. The van der Waals surface area contributed by atoms with Crippen LogP contribution in [0.3, 0.4) is 0 Å². The number of benzene rings is 1. The van der Waals surface area contributed by atoms with E-state index < -0.39 is 0 Å². The molecule has 1 aromatic carbocycles. The minimum Gasteiger partial charge on any atom is -0.370 e. The summed E-state index contributed by atoms with van der Waals surface area (Å²) in [6.07, 6.45) is 7.99. The fourth-order valence-corrected chi connectivity index (χ4v) is 3.19. The fourth-order valence-electron chi connectivity index (χ4n) is 3.19. The van der Waals surface area contributed by atoms with Gasteiger partial charge in [-0.15, -0.1) is 5.10 Å². The van der Waals surface area contributed by atoms with E-state index in [0.29, 0.717) is 12.4 Å². The van der Waals surface area contributed by atoms with Crippen LogP contribution in [0.4, 0.5) is 22.9 Å². The van der Waals surface area contributed by atoms with Gasteiger partial charge in [0.15, 0.2) is 5.82 Å². The topological polar surface area (TPSA) is 75.1 Å². The molecule has 7 nitrogen and oxygen atoms in total. The van der Waals surface area contributed by atoms with Gasteiger partial charge < -0.3 is 20.1 Å². The monoisotopic (exact) mass is 362 g/mol. The summed E-state index contributed by atoms with van der Waals surface area (Å²) in [5, 5.41) is 14.4. The molecule has 2 N–H and O–H groups in total. The number of carbonyl (C=O) groups is 1. The average molecular weight is 362 g/mol. The SMILES string of the molecule is O=C(Cn1cccc1)Nc1ccc(Nc2cc(N3CCCC3)cnn2)cc1. The Labute approximate surface area is 158 Å². The molecule has 0 atom stereocenters. The molecule has 0 aliphatic carbocycles. The summed E-state index contributed by atoms with van der Waals surface area (Å²) < 4.78 is 1.83. The third-order valence-corrected chi connectivity index (χ3v) is 4.54. The maximum atomic E-state index is 12.0. The van der Waals surface area contributed by atoms with Gasteiger partial charge in [-0.25, -0.2) is 0 Å². The number of carbonyl (C=O) groups excluding carboxylic acids is 1. The van der Waals surface area contributed by atoms with Crippen molar-refractivity contribution in [3.63, 3.8) is 0 Å². The summed E-state index contributed by atoms with van der Waals surface area (Å²) in [6, 6.07) is 13.4. The lowest BCUT2D eigenvalue weighted by Gasteiger charge is -2.17. The molecule has 0 saturated carbocycles. The van der Waals surface area contributed by atoms with Crippen LogP contribution in [-0.4, -0.2) is 33.8 Å². The fraction of sp³-hybridized carbons (Fsp3) is 0.250. The smallest absolute Gasteiger partial charge is 0.244 e. The van der Waals surface area contributed by atoms with E-state index >= 15 is 0 Å². The quantitative estimate of drug-likeness (QED) is 0.704. The molecule has 0 spiro atoms. The van der Waals surface area contributed by atoms with Gasteiger partial charge in [0.1, 0.15) is 6.54 Å². The Hall–Kier alpha value is -3.35. The van der Waals surface area contributed by atoms with Crippen molar-refractivity contribution in [2.45, 2.75) is 19.4 Å². The Kier molecular flexibility index (Phi) is 5.00. The first-order valence-electron chi connectivity index (χ1n) is 9.12. The lowest BCUT2D eigenvalue weighted by molar-refractivity contribution is -0.116. The van der Waals surface area contributed by atoms with Gasteiger partial charge in [0.05, 0.1) is 11.9 Å². The number of hydrogen-bond donors (Lipinski definition) is 2. The van der Waals surface area contributed by atoms with E-state index in [1.54, 1.807) is 6.20 Å². The van der Waals surface area contributed by atoms with Crippen molar-refractivity contribution < 1.29 is 4.79 Å². The van der Waals surface area contributed by atoms with E-state index in [1.165, 1.54) is 12.8 Å². The molecular weight excluding hydrogens is 340 g/mol. The maximum absolute atomic E-state index is 12.0. The first kappa shape index (κ1) is 17.1. The molecule has 3 aromatic rings. The number of aromatic nitrogens is 3. The third-order valence-electron chi connectivity index (χ3n) is 4.54. The zero-order valence-corrected chi connectivity index (χ0v) is 15.0. The Morgan fingerprint density at radius 3 is 2.48 bits per heavy atom. The number of nitrogens with one attached hydrogen (secondary N) is 2. The first-order valence-corrected chi connectivity index (χ1v) is 9.12. The Morgan fingerprint density at radius 2 is 1.74 bits per heavy atom. The number of anilines is 4. The second-order valence-electron chi connectivity index (χ2n) is 6.60. The minimum atomic E-state index is -0.0592.